The van der Waals surface area contributed by atoms with E-state index in [2.05, 4.69) is 15.6 Å². The largest absolute Gasteiger partial charge is 0.354 e. The average Bonchev–Trinajstić information content (AvgIpc) is 2.98. The van der Waals surface area contributed by atoms with Crippen LogP contribution in [0.15, 0.2) is 29.6 Å². The Morgan fingerprint density at radius 3 is 3.00 bits per heavy atom. The molecule has 1 aliphatic heterocycles. The number of piperidine rings is 1. The van der Waals surface area contributed by atoms with Gasteiger partial charge in [-0.2, -0.15) is 0 Å². The number of rotatable bonds is 4. The third kappa shape index (κ3) is 4.09. The number of benzene rings is 1. The van der Waals surface area contributed by atoms with Gasteiger partial charge in [-0.3, -0.25) is 9.59 Å². The molecule has 23 heavy (non-hydrogen) atoms. The van der Waals surface area contributed by atoms with Crippen LogP contribution in [0.3, 0.4) is 0 Å². The Balaban J connectivity index is 1.59. The fourth-order valence-electron chi connectivity index (χ4n) is 2.45. The number of amides is 2. The van der Waals surface area contributed by atoms with Crippen LogP contribution in [0.5, 0.6) is 0 Å². The van der Waals surface area contributed by atoms with E-state index in [1.54, 1.807) is 0 Å². The molecule has 120 valence electrons. The van der Waals surface area contributed by atoms with Crippen molar-refractivity contribution in [3.8, 4) is 10.6 Å². The van der Waals surface area contributed by atoms with E-state index in [-0.39, 0.29) is 24.3 Å². The standard InChI is InChI=1S/C16H16ClN3O2S/c17-13-4-2-1-3-12(13)16-20-11(9-23-16)7-15(22)19-10-5-6-14(21)18-8-10/h1-4,9-10H,5-8H2,(H,18,21)(H,19,22). The quantitative estimate of drug-likeness (QED) is 0.890. The van der Waals surface area contributed by atoms with Gasteiger partial charge in [0.05, 0.1) is 17.1 Å². The van der Waals surface area contributed by atoms with Gasteiger partial charge in [-0.25, -0.2) is 4.98 Å². The Bertz CT molecular complexity index is 722. The number of hydrogen-bond acceptors (Lipinski definition) is 4. The highest BCUT2D eigenvalue weighted by Gasteiger charge is 2.20. The molecule has 1 unspecified atom stereocenters. The van der Waals surface area contributed by atoms with Crippen LogP contribution in [0.2, 0.25) is 5.02 Å². The van der Waals surface area contributed by atoms with Crippen LogP contribution >= 0.6 is 22.9 Å². The number of thiazole rings is 1. The molecule has 2 aromatic rings. The maximum absolute atomic E-state index is 12.1. The van der Waals surface area contributed by atoms with Gasteiger partial charge in [0, 0.05) is 30.0 Å². The van der Waals surface area contributed by atoms with Gasteiger partial charge in [0.25, 0.3) is 0 Å². The summed E-state index contributed by atoms with van der Waals surface area (Å²) >= 11 is 7.64. The lowest BCUT2D eigenvalue weighted by atomic mass is 10.1. The first kappa shape index (κ1) is 16.0. The van der Waals surface area contributed by atoms with E-state index in [0.717, 1.165) is 16.3 Å². The minimum Gasteiger partial charge on any atom is -0.354 e. The van der Waals surface area contributed by atoms with Crippen molar-refractivity contribution in [2.45, 2.75) is 25.3 Å². The molecule has 0 saturated carbocycles. The molecular weight excluding hydrogens is 334 g/mol. The second-order valence-corrected chi connectivity index (χ2v) is 6.67. The average molecular weight is 350 g/mol. The lowest BCUT2D eigenvalue weighted by Crippen LogP contribution is -2.48. The molecule has 0 aliphatic carbocycles. The Kier molecular flexibility index (Phi) is 4.93. The van der Waals surface area contributed by atoms with Crippen molar-refractivity contribution in [3.63, 3.8) is 0 Å². The van der Waals surface area contributed by atoms with Crippen LogP contribution in [0, 0.1) is 0 Å². The monoisotopic (exact) mass is 349 g/mol. The smallest absolute Gasteiger partial charge is 0.226 e. The number of halogens is 1. The normalized spacial score (nSPS) is 17.6. The SMILES string of the molecule is O=C1CCC(NC(=O)Cc2csc(-c3ccccc3Cl)n2)CN1. The third-order valence-electron chi connectivity index (χ3n) is 3.63. The fraction of sp³-hybridized carbons (Fsp3) is 0.312. The number of carbonyl (C=O) groups is 2. The van der Waals surface area contributed by atoms with Crippen molar-refractivity contribution in [1.82, 2.24) is 15.6 Å². The maximum atomic E-state index is 12.1. The molecule has 2 N–H and O–H groups in total. The van der Waals surface area contributed by atoms with E-state index in [0.29, 0.717) is 24.4 Å². The molecule has 1 fully saturated rings. The second-order valence-electron chi connectivity index (χ2n) is 5.41. The van der Waals surface area contributed by atoms with Gasteiger partial charge in [0.15, 0.2) is 0 Å². The van der Waals surface area contributed by atoms with Crippen molar-refractivity contribution in [1.29, 1.82) is 0 Å². The minimum absolute atomic E-state index is 0.00174. The first-order chi connectivity index (χ1) is 11.1. The predicted molar refractivity (Wildman–Crippen MR) is 90.4 cm³/mol. The molecule has 1 aromatic carbocycles. The van der Waals surface area contributed by atoms with Gasteiger partial charge in [-0.1, -0.05) is 29.8 Å². The summed E-state index contributed by atoms with van der Waals surface area (Å²) in [6.07, 6.45) is 1.36. The minimum atomic E-state index is -0.0813. The summed E-state index contributed by atoms with van der Waals surface area (Å²) in [5, 5.41) is 9.02. The van der Waals surface area contributed by atoms with Gasteiger partial charge in [-0.15, -0.1) is 11.3 Å². The van der Waals surface area contributed by atoms with E-state index in [9.17, 15) is 9.59 Å². The summed E-state index contributed by atoms with van der Waals surface area (Å²) < 4.78 is 0. The molecule has 0 radical (unpaired) electrons. The molecular formula is C16H16ClN3O2S. The van der Waals surface area contributed by atoms with Crippen LogP contribution in [0.4, 0.5) is 0 Å². The molecule has 3 rings (SSSR count). The van der Waals surface area contributed by atoms with Crippen LogP contribution in [-0.4, -0.2) is 29.4 Å². The number of aromatic nitrogens is 1. The summed E-state index contributed by atoms with van der Waals surface area (Å²) in [4.78, 5) is 27.7. The van der Waals surface area contributed by atoms with E-state index < -0.39 is 0 Å². The first-order valence-corrected chi connectivity index (χ1v) is 8.63. The highest BCUT2D eigenvalue weighted by Crippen LogP contribution is 2.30. The van der Waals surface area contributed by atoms with Crippen molar-refractivity contribution in [2.75, 3.05) is 6.54 Å². The second kappa shape index (κ2) is 7.10. The molecule has 2 heterocycles. The van der Waals surface area contributed by atoms with Crippen molar-refractivity contribution in [2.24, 2.45) is 0 Å². The molecule has 1 aliphatic rings. The van der Waals surface area contributed by atoms with E-state index in [4.69, 9.17) is 11.6 Å². The van der Waals surface area contributed by atoms with Crippen molar-refractivity contribution in [3.05, 3.63) is 40.4 Å². The lowest BCUT2D eigenvalue weighted by molar-refractivity contribution is -0.125. The first-order valence-electron chi connectivity index (χ1n) is 7.37. The predicted octanol–water partition coefficient (Wildman–Crippen LogP) is 2.40. The molecule has 2 amide bonds. The molecule has 7 heteroatoms. The highest BCUT2D eigenvalue weighted by atomic mass is 35.5. The number of hydrogen-bond donors (Lipinski definition) is 2. The maximum Gasteiger partial charge on any atom is 0.226 e. The molecule has 0 spiro atoms. The van der Waals surface area contributed by atoms with Crippen molar-refractivity contribution < 1.29 is 9.59 Å². The topological polar surface area (TPSA) is 71.1 Å². The summed E-state index contributed by atoms with van der Waals surface area (Å²) in [5.74, 6) is -0.0402. The van der Waals surface area contributed by atoms with Gasteiger partial charge in [-0.05, 0) is 12.5 Å². The summed E-state index contributed by atoms with van der Waals surface area (Å²) in [5.41, 5.74) is 1.60. The molecule has 1 aromatic heterocycles. The van der Waals surface area contributed by atoms with Crippen molar-refractivity contribution >= 4 is 34.8 Å². The fourth-order valence-corrected chi connectivity index (χ4v) is 3.59. The Morgan fingerprint density at radius 2 is 2.26 bits per heavy atom. The van der Waals surface area contributed by atoms with Crippen LogP contribution < -0.4 is 10.6 Å². The third-order valence-corrected chi connectivity index (χ3v) is 4.88. The molecule has 1 saturated heterocycles. The molecule has 1 atom stereocenters. The number of nitrogens with zero attached hydrogens (tertiary/aromatic N) is 1. The van der Waals surface area contributed by atoms with Crippen LogP contribution in [0.25, 0.3) is 10.6 Å². The Hall–Kier alpha value is -1.92. The van der Waals surface area contributed by atoms with E-state index >= 15 is 0 Å². The zero-order valence-electron chi connectivity index (χ0n) is 12.3. The van der Waals surface area contributed by atoms with E-state index in [1.807, 2.05) is 29.6 Å². The zero-order chi connectivity index (χ0) is 16.2. The van der Waals surface area contributed by atoms with Gasteiger partial charge in [0.1, 0.15) is 5.01 Å². The molecule has 0 bridgehead atoms. The highest BCUT2D eigenvalue weighted by molar-refractivity contribution is 7.13. The lowest BCUT2D eigenvalue weighted by Gasteiger charge is -2.23. The number of carbonyl (C=O) groups excluding carboxylic acids is 2. The Labute approximate surface area is 143 Å². The summed E-state index contributed by atoms with van der Waals surface area (Å²) in [6, 6.07) is 7.52. The molecule has 5 nitrogen and oxygen atoms in total. The number of nitrogens with one attached hydrogen (secondary N) is 2. The zero-order valence-corrected chi connectivity index (χ0v) is 13.9. The van der Waals surface area contributed by atoms with Crippen LogP contribution in [-0.2, 0) is 16.0 Å². The van der Waals surface area contributed by atoms with Gasteiger partial charge in [0.2, 0.25) is 11.8 Å². The summed E-state index contributed by atoms with van der Waals surface area (Å²) in [7, 11) is 0. The van der Waals surface area contributed by atoms with Gasteiger partial charge >= 0.3 is 0 Å². The summed E-state index contributed by atoms with van der Waals surface area (Å²) in [6.45, 7) is 0.493. The van der Waals surface area contributed by atoms with Crippen LogP contribution in [0.1, 0.15) is 18.5 Å². The van der Waals surface area contributed by atoms with E-state index in [1.165, 1.54) is 11.3 Å². The Morgan fingerprint density at radius 1 is 1.43 bits per heavy atom. The van der Waals surface area contributed by atoms with Gasteiger partial charge < -0.3 is 10.6 Å².